The van der Waals surface area contributed by atoms with Crippen molar-refractivity contribution in [1.82, 2.24) is 9.97 Å². The normalized spacial score (nSPS) is 11.9. The average Bonchev–Trinajstić information content (AvgIpc) is 2.97. The highest BCUT2D eigenvalue weighted by Gasteiger charge is 2.26. The summed E-state index contributed by atoms with van der Waals surface area (Å²) in [6.07, 6.45) is 3.64. The van der Waals surface area contributed by atoms with Crippen molar-refractivity contribution >= 4 is 11.3 Å². The number of hydrogen-bond donors (Lipinski definition) is 2. The lowest BCUT2D eigenvalue weighted by Gasteiger charge is -2.23. The SMILES string of the molecule is CCC(N)(CC)c1ncc(-c2ccsc2)[nH]1. The summed E-state index contributed by atoms with van der Waals surface area (Å²) >= 11 is 1.68. The largest absolute Gasteiger partial charge is 0.340 e. The van der Waals surface area contributed by atoms with E-state index in [1.54, 1.807) is 11.3 Å². The van der Waals surface area contributed by atoms with Crippen molar-refractivity contribution in [3.63, 3.8) is 0 Å². The third-order valence-corrected chi connectivity index (χ3v) is 3.82. The molecule has 2 heterocycles. The molecule has 0 saturated carbocycles. The summed E-state index contributed by atoms with van der Waals surface area (Å²) < 4.78 is 0. The van der Waals surface area contributed by atoms with Gasteiger partial charge in [0.05, 0.1) is 17.4 Å². The molecule has 16 heavy (non-hydrogen) atoms. The highest BCUT2D eigenvalue weighted by atomic mass is 32.1. The monoisotopic (exact) mass is 235 g/mol. The van der Waals surface area contributed by atoms with Gasteiger partial charge in [-0.25, -0.2) is 4.98 Å². The van der Waals surface area contributed by atoms with Crippen LogP contribution in [0, 0.1) is 0 Å². The maximum Gasteiger partial charge on any atom is 0.126 e. The topological polar surface area (TPSA) is 54.7 Å². The van der Waals surface area contributed by atoms with Crippen LogP contribution in [-0.2, 0) is 5.54 Å². The Kier molecular flexibility index (Phi) is 3.12. The Morgan fingerprint density at radius 3 is 2.75 bits per heavy atom. The molecule has 3 nitrogen and oxygen atoms in total. The van der Waals surface area contributed by atoms with Crippen molar-refractivity contribution in [2.24, 2.45) is 5.73 Å². The summed E-state index contributed by atoms with van der Waals surface area (Å²) in [6, 6.07) is 2.08. The van der Waals surface area contributed by atoms with Crippen LogP contribution in [0.25, 0.3) is 11.3 Å². The van der Waals surface area contributed by atoms with Crippen LogP contribution in [0.4, 0.5) is 0 Å². The van der Waals surface area contributed by atoms with Crippen molar-refractivity contribution in [3.05, 3.63) is 28.8 Å². The van der Waals surface area contributed by atoms with E-state index in [1.165, 1.54) is 5.56 Å². The lowest BCUT2D eigenvalue weighted by Crippen LogP contribution is -2.36. The second-order valence-corrected chi connectivity index (χ2v) is 4.80. The molecule has 2 aromatic rings. The van der Waals surface area contributed by atoms with E-state index in [0.29, 0.717) is 0 Å². The first kappa shape index (κ1) is 11.4. The van der Waals surface area contributed by atoms with Gasteiger partial charge in [0.25, 0.3) is 0 Å². The molecular weight excluding hydrogens is 218 g/mol. The predicted octanol–water partition coefficient (Wildman–Crippen LogP) is 3.11. The summed E-state index contributed by atoms with van der Waals surface area (Å²) in [4.78, 5) is 7.74. The number of nitrogens with zero attached hydrogens (tertiary/aromatic N) is 1. The Bertz CT molecular complexity index is 441. The molecule has 0 aliphatic heterocycles. The number of H-pyrrole nitrogens is 1. The molecule has 0 fully saturated rings. The minimum absolute atomic E-state index is 0.325. The zero-order chi connectivity index (χ0) is 11.6. The van der Waals surface area contributed by atoms with Gasteiger partial charge in [0, 0.05) is 10.9 Å². The van der Waals surface area contributed by atoms with Crippen LogP contribution in [0.5, 0.6) is 0 Å². The Morgan fingerprint density at radius 2 is 2.19 bits per heavy atom. The smallest absolute Gasteiger partial charge is 0.126 e. The maximum absolute atomic E-state index is 6.29. The van der Waals surface area contributed by atoms with Crippen LogP contribution in [0.15, 0.2) is 23.0 Å². The average molecular weight is 235 g/mol. The molecule has 86 valence electrons. The van der Waals surface area contributed by atoms with Crippen LogP contribution in [0.2, 0.25) is 0 Å². The summed E-state index contributed by atoms with van der Waals surface area (Å²) in [5, 5.41) is 4.17. The second kappa shape index (κ2) is 4.39. The lowest BCUT2D eigenvalue weighted by molar-refractivity contribution is 0.391. The first-order chi connectivity index (χ1) is 7.69. The number of nitrogens with two attached hydrogens (primary N) is 1. The van der Waals surface area contributed by atoms with Crippen molar-refractivity contribution in [2.45, 2.75) is 32.2 Å². The minimum Gasteiger partial charge on any atom is -0.340 e. The predicted molar refractivity (Wildman–Crippen MR) is 68.3 cm³/mol. The van der Waals surface area contributed by atoms with Gasteiger partial charge in [-0.3, -0.25) is 0 Å². The van der Waals surface area contributed by atoms with E-state index >= 15 is 0 Å². The van der Waals surface area contributed by atoms with Gasteiger partial charge in [-0.15, -0.1) is 0 Å². The van der Waals surface area contributed by atoms with E-state index < -0.39 is 0 Å². The Labute approximate surface area is 99.7 Å². The molecule has 3 N–H and O–H groups in total. The van der Waals surface area contributed by atoms with Gasteiger partial charge < -0.3 is 10.7 Å². The zero-order valence-corrected chi connectivity index (χ0v) is 10.5. The maximum atomic E-state index is 6.29. The minimum atomic E-state index is -0.325. The second-order valence-electron chi connectivity index (χ2n) is 4.02. The summed E-state index contributed by atoms with van der Waals surface area (Å²) in [6.45, 7) is 4.19. The van der Waals surface area contributed by atoms with E-state index in [-0.39, 0.29) is 5.54 Å². The van der Waals surface area contributed by atoms with E-state index in [0.717, 1.165) is 24.4 Å². The van der Waals surface area contributed by atoms with Crippen molar-refractivity contribution in [1.29, 1.82) is 0 Å². The van der Waals surface area contributed by atoms with Gasteiger partial charge in [0.1, 0.15) is 5.82 Å². The number of imidazole rings is 1. The molecular formula is C12H17N3S. The molecule has 2 rings (SSSR count). The lowest BCUT2D eigenvalue weighted by atomic mass is 9.93. The third-order valence-electron chi connectivity index (χ3n) is 3.14. The molecule has 0 aromatic carbocycles. The van der Waals surface area contributed by atoms with E-state index in [1.807, 2.05) is 6.20 Å². The number of rotatable bonds is 4. The molecule has 0 amide bonds. The number of aromatic nitrogens is 2. The first-order valence-electron chi connectivity index (χ1n) is 5.56. The van der Waals surface area contributed by atoms with Crippen LogP contribution in [0.3, 0.4) is 0 Å². The Balaban J connectivity index is 2.33. The molecule has 4 heteroatoms. The molecule has 0 aliphatic rings. The van der Waals surface area contributed by atoms with Gasteiger partial charge in [-0.05, 0) is 24.3 Å². The van der Waals surface area contributed by atoms with E-state index in [4.69, 9.17) is 5.73 Å². The molecule has 0 unspecified atom stereocenters. The van der Waals surface area contributed by atoms with Gasteiger partial charge in [-0.2, -0.15) is 11.3 Å². The molecule has 0 radical (unpaired) electrons. The quantitative estimate of drug-likeness (QED) is 0.855. The fourth-order valence-corrected chi connectivity index (χ4v) is 2.38. The van der Waals surface area contributed by atoms with E-state index in [2.05, 4.69) is 40.6 Å². The van der Waals surface area contributed by atoms with Crippen molar-refractivity contribution in [3.8, 4) is 11.3 Å². The summed E-state index contributed by atoms with van der Waals surface area (Å²) in [5.74, 6) is 0.888. The number of aromatic amines is 1. The van der Waals surface area contributed by atoms with Crippen LogP contribution < -0.4 is 5.73 Å². The van der Waals surface area contributed by atoms with Gasteiger partial charge in [0.2, 0.25) is 0 Å². The van der Waals surface area contributed by atoms with Crippen LogP contribution in [-0.4, -0.2) is 9.97 Å². The molecule has 2 aromatic heterocycles. The number of hydrogen-bond acceptors (Lipinski definition) is 3. The summed E-state index contributed by atoms with van der Waals surface area (Å²) in [5.41, 5.74) is 8.20. The van der Waals surface area contributed by atoms with Gasteiger partial charge in [0.15, 0.2) is 0 Å². The third kappa shape index (κ3) is 1.90. The summed E-state index contributed by atoms with van der Waals surface area (Å²) in [7, 11) is 0. The van der Waals surface area contributed by atoms with Gasteiger partial charge in [-0.1, -0.05) is 13.8 Å². The molecule has 0 aliphatic carbocycles. The van der Waals surface area contributed by atoms with Gasteiger partial charge >= 0.3 is 0 Å². The molecule has 0 atom stereocenters. The number of nitrogens with one attached hydrogen (secondary N) is 1. The molecule has 0 bridgehead atoms. The van der Waals surface area contributed by atoms with Crippen molar-refractivity contribution < 1.29 is 0 Å². The zero-order valence-electron chi connectivity index (χ0n) is 9.66. The fourth-order valence-electron chi connectivity index (χ4n) is 1.72. The van der Waals surface area contributed by atoms with Crippen LogP contribution in [0.1, 0.15) is 32.5 Å². The highest BCUT2D eigenvalue weighted by molar-refractivity contribution is 7.08. The Hall–Kier alpha value is -1.13. The van der Waals surface area contributed by atoms with E-state index in [9.17, 15) is 0 Å². The Morgan fingerprint density at radius 1 is 1.44 bits per heavy atom. The fraction of sp³-hybridized carbons (Fsp3) is 0.417. The van der Waals surface area contributed by atoms with Crippen LogP contribution >= 0.6 is 11.3 Å². The molecule has 0 saturated heterocycles. The molecule has 0 spiro atoms. The van der Waals surface area contributed by atoms with Crippen molar-refractivity contribution in [2.75, 3.05) is 0 Å². The number of thiophene rings is 1. The first-order valence-corrected chi connectivity index (χ1v) is 6.51. The highest BCUT2D eigenvalue weighted by Crippen LogP contribution is 2.26. The standard InChI is InChI=1S/C12H17N3S/c1-3-12(13,4-2)11-14-7-10(15-11)9-5-6-16-8-9/h5-8H,3-4,13H2,1-2H3,(H,14,15).